The molecule has 5 rings (SSSR count). The molecular formula is C22H18ClF3N6O3S. The van der Waals surface area contributed by atoms with Crippen molar-refractivity contribution in [2.24, 2.45) is 4.99 Å². The van der Waals surface area contributed by atoms with E-state index in [1.807, 2.05) is 0 Å². The molecule has 188 valence electrons. The lowest BCUT2D eigenvalue weighted by Gasteiger charge is -2.32. The van der Waals surface area contributed by atoms with Crippen LogP contribution in [0.5, 0.6) is 0 Å². The number of aliphatic hydroxyl groups is 1. The van der Waals surface area contributed by atoms with Crippen molar-refractivity contribution in [3.63, 3.8) is 0 Å². The second-order valence-corrected chi connectivity index (χ2v) is 9.48. The van der Waals surface area contributed by atoms with Gasteiger partial charge in [0.05, 0.1) is 12.3 Å². The third kappa shape index (κ3) is 4.56. The van der Waals surface area contributed by atoms with Crippen LogP contribution in [0.15, 0.2) is 52.7 Å². The Morgan fingerprint density at radius 2 is 2.19 bits per heavy atom. The summed E-state index contributed by atoms with van der Waals surface area (Å²) in [5, 5.41) is 22.3. The van der Waals surface area contributed by atoms with Gasteiger partial charge in [-0.15, -0.1) is 11.3 Å². The predicted octanol–water partition coefficient (Wildman–Crippen LogP) is 3.89. The number of aliphatic hydroxyl groups excluding tert-OH is 1. The fourth-order valence-corrected chi connectivity index (χ4v) is 4.95. The van der Waals surface area contributed by atoms with Gasteiger partial charge in [0.2, 0.25) is 0 Å². The number of benzene rings is 1. The molecule has 3 aromatic rings. The number of cyclic esters (lactones) is 1. The number of alkyl halides is 2. The van der Waals surface area contributed by atoms with E-state index >= 15 is 0 Å². The molecule has 0 radical (unpaired) electrons. The molecule has 1 fully saturated rings. The zero-order valence-electron chi connectivity index (χ0n) is 18.3. The van der Waals surface area contributed by atoms with Crippen LogP contribution in [-0.4, -0.2) is 50.6 Å². The first-order valence-corrected chi connectivity index (χ1v) is 11.9. The lowest BCUT2D eigenvalue weighted by molar-refractivity contribution is 0.0564. The fraction of sp³-hybridized carbons (Fsp3) is 0.273. The van der Waals surface area contributed by atoms with Crippen molar-refractivity contribution in [1.29, 1.82) is 0 Å². The summed E-state index contributed by atoms with van der Waals surface area (Å²) >= 11 is 7.71. The number of amides is 1. The average molecular weight is 539 g/mol. The summed E-state index contributed by atoms with van der Waals surface area (Å²) in [7, 11) is 0. The minimum atomic E-state index is -2.88. The molecule has 1 aromatic carbocycles. The van der Waals surface area contributed by atoms with Gasteiger partial charge in [-0.3, -0.25) is 4.99 Å². The van der Waals surface area contributed by atoms with E-state index in [4.69, 9.17) is 21.3 Å². The van der Waals surface area contributed by atoms with E-state index < -0.39 is 36.6 Å². The molecule has 0 unspecified atom stereocenters. The summed E-state index contributed by atoms with van der Waals surface area (Å²) in [6.45, 7) is -3.47. The predicted molar refractivity (Wildman–Crippen MR) is 125 cm³/mol. The first kappa shape index (κ1) is 24.3. The number of nitrogens with one attached hydrogen (secondary N) is 2. The van der Waals surface area contributed by atoms with Gasteiger partial charge < -0.3 is 20.5 Å². The zero-order valence-corrected chi connectivity index (χ0v) is 19.9. The van der Waals surface area contributed by atoms with Crippen molar-refractivity contribution in [2.45, 2.75) is 24.6 Å². The maximum absolute atomic E-state index is 13.9. The Bertz CT molecular complexity index is 1360. The molecule has 2 atom stereocenters. The quantitative estimate of drug-likeness (QED) is 0.420. The molecule has 4 heterocycles. The van der Waals surface area contributed by atoms with Crippen LogP contribution in [0, 0.1) is 5.82 Å². The monoisotopic (exact) mass is 538 g/mol. The normalized spacial score (nSPS) is 21.9. The molecule has 2 aromatic heterocycles. The van der Waals surface area contributed by atoms with Gasteiger partial charge >= 0.3 is 12.6 Å². The van der Waals surface area contributed by atoms with E-state index in [9.17, 15) is 23.1 Å². The highest BCUT2D eigenvalue weighted by molar-refractivity contribution is 7.11. The number of halogens is 4. The number of thiazole rings is 1. The van der Waals surface area contributed by atoms with Gasteiger partial charge in [0.25, 0.3) is 0 Å². The van der Waals surface area contributed by atoms with E-state index in [1.54, 1.807) is 11.6 Å². The van der Waals surface area contributed by atoms with Crippen LogP contribution in [0.25, 0.3) is 5.57 Å². The lowest BCUT2D eigenvalue weighted by atomic mass is 9.87. The van der Waals surface area contributed by atoms with Gasteiger partial charge in [0.1, 0.15) is 24.0 Å². The number of alkyl carbamates (subject to hydrolysis) is 1. The Morgan fingerprint density at radius 3 is 2.81 bits per heavy atom. The van der Waals surface area contributed by atoms with Crippen LogP contribution < -0.4 is 10.6 Å². The van der Waals surface area contributed by atoms with Crippen molar-refractivity contribution in [3.8, 4) is 0 Å². The van der Waals surface area contributed by atoms with Crippen LogP contribution >= 0.6 is 22.9 Å². The van der Waals surface area contributed by atoms with Crippen LogP contribution in [0.3, 0.4) is 0 Å². The van der Waals surface area contributed by atoms with Crippen LogP contribution in [0.4, 0.5) is 18.0 Å². The summed E-state index contributed by atoms with van der Waals surface area (Å²) in [4.78, 5) is 20.9. The number of hydrogen-bond donors (Lipinski definition) is 3. The summed E-state index contributed by atoms with van der Waals surface area (Å²) in [5.41, 5.74) is 0.136. The summed E-state index contributed by atoms with van der Waals surface area (Å²) in [6.07, 6.45) is 2.02. The Balaban J connectivity index is 1.71. The lowest BCUT2D eigenvalue weighted by Crippen LogP contribution is -2.49. The standard InChI is InChI=1S/C22H18ClF3N6O3S/c23-13-7-11(24)1-2-12(13)17-16(14-3-5-32(31-14)20(25)26)15(8-22(9-33)10-35-21(34)30-22)28-18(29-17)19-27-4-6-36-19/h1-7,17,20,33H,8-10H2,(H,28,29)(H,30,34)/t17-,22+/m0/s1. The van der Waals surface area contributed by atoms with Gasteiger partial charge in [0.15, 0.2) is 10.8 Å². The van der Waals surface area contributed by atoms with E-state index in [1.165, 1.54) is 29.5 Å². The molecule has 2 aliphatic rings. The Labute approximate surface area is 211 Å². The molecule has 0 bridgehead atoms. The number of hydrogen-bond acceptors (Lipinski definition) is 8. The summed E-state index contributed by atoms with van der Waals surface area (Å²) < 4.78 is 46.2. The van der Waals surface area contributed by atoms with E-state index in [0.717, 1.165) is 12.3 Å². The molecule has 3 N–H and O–H groups in total. The molecular weight excluding hydrogens is 521 g/mol. The van der Waals surface area contributed by atoms with Crippen molar-refractivity contribution < 1.29 is 27.8 Å². The molecule has 36 heavy (non-hydrogen) atoms. The Hall–Kier alpha value is -3.42. The fourth-order valence-electron chi connectivity index (χ4n) is 4.09. The molecule has 14 heteroatoms. The molecule has 1 amide bonds. The molecule has 0 spiro atoms. The third-order valence-electron chi connectivity index (χ3n) is 5.77. The van der Waals surface area contributed by atoms with E-state index in [-0.39, 0.29) is 23.7 Å². The third-order valence-corrected chi connectivity index (χ3v) is 6.87. The number of ether oxygens (including phenoxy) is 1. The Kier molecular flexibility index (Phi) is 6.45. The number of nitrogens with zero attached hydrogens (tertiary/aromatic N) is 4. The van der Waals surface area contributed by atoms with Crippen LogP contribution in [0.2, 0.25) is 5.02 Å². The highest BCUT2D eigenvalue weighted by Gasteiger charge is 2.42. The Morgan fingerprint density at radius 1 is 1.36 bits per heavy atom. The van der Waals surface area contributed by atoms with Crippen molar-refractivity contribution in [1.82, 2.24) is 25.4 Å². The molecule has 2 aliphatic heterocycles. The summed E-state index contributed by atoms with van der Waals surface area (Å²) in [5.74, 6) is -0.208. The molecule has 0 aliphatic carbocycles. The van der Waals surface area contributed by atoms with Gasteiger partial charge in [-0.1, -0.05) is 17.7 Å². The van der Waals surface area contributed by atoms with Crippen LogP contribution in [0.1, 0.15) is 35.3 Å². The number of rotatable bonds is 7. The van der Waals surface area contributed by atoms with Crippen LogP contribution in [-0.2, 0) is 4.74 Å². The highest BCUT2D eigenvalue weighted by atomic mass is 35.5. The summed E-state index contributed by atoms with van der Waals surface area (Å²) in [6, 6.07) is 4.31. The highest BCUT2D eigenvalue weighted by Crippen LogP contribution is 2.42. The minimum Gasteiger partial charge on any atom is -0.447 e. The minimum absolute atomic E-state index is 0.00577. The van der Waals surface area contributed by atoms with Crippen molar-refractivity contribution >= 4 is 40.4 Å². The second kappa shape index (κ2) is 9.56. The maximum Gasteiger partial charge on any atom is 0.407 e. The number of amidine groups is 1. The number of carbonyl (C=O) groups is 1. The first-order valence-electron chi connectivity index (χ1n) is 10.6. The molecule has 9 nitrogen and oxygen atoms in total. The topological polar surface area (TPSA) is 114 Å². The number of carbonyl (C=O) groups excluding carboxylic acids is 1. The molecule has 1 saturated heterocycles. The van der Waals surface area contributed by atoms with E-state index in [2.05, 4.69) is 20.7 Å². The smallest absolute Gasteiger partial charge is 0.407 e. The molecule has 0 saturated carbocycles. The largest absolute Gasteiger partial charge is 0.447 e. The SMILES string of the molecule is O=C1N[C@@](CO)(CC2=C(c3ccn(C(F)F)n3)[C@H](c3ccc(F)cc3Cl)N=C(c3nccs3)N2)CO1. The zero-order chi connectivity index (χ0) is 25.4. The second-order valence-electron chi connectivity index (χ2n) is 8.18. The van der Waals surface area contributed by atoms with Gasteiger partial charge in [0, 0.05) is 46.1 Å². The average Bonchev–Trinajstić information content (AvgIpc) is 3.61. The van der Waals surface area contributed by atoms with E-state index in [0.29, 0.717) is 32.4 Å². The number of aromatic nitrogens is 3. The van der Waals surface area contributed by atoms with Crippen molar-refractivity contribution in [3.05, 3.63) is 74.8 Å². The van der Waals surface area contributed by atoms with Gasteiger partial charge in [-0.2, -0.15) is 13.9 Å². The number of aliphatic imine (C=N–C) groups is 1. The maximum atomic E-state index is 13.9. The van der Waals surface area contributed by atoms with Crippen molar-refractivity contribution in [2.75, 3.05) is 13.2 Å². The first-order chi connectivity index (χ1) is 17.3. The van der Waals surface area contributed by atoms with Gasteiger partial charge in [-0.25, -0.2) is 18.9 Å². The van der Waals surface area contributed by atoms with Gasteiger partial charge in [-0.05, 0) is 18.2 Å².